The largest absolute Gasteiger partial charge is 0.380 e. The first-order valence-corrected chi connectivity index (χ1v) is 6.82. The number of hydrogen-bond donors (Lipinski definition) is 2. The van der Waals surface area contributed by atoms with Gasteiger partial charge in [-0.15, -0.1) is 0 Å². The molecule has 2 unspecified atom stereocenters. The Balaban J connectivity index is 2.64. The zero-order valence-corrected chi connectivity index (χ0v) is 10.2. The maximum atomic E-state index is 12.3. The first-order chi connectivity index (χ1) is 7.46. The SMILES string of the molecule is Cc1ccc2c(c1)S(=O)(=O)C(CN)C(C)N2. The quantitative estimate of drug-likeness (QED) is 0.765. The molecule has 0 amide bonds. The lowest BCUT2D eigenvalue weighted by molar-refractivity contribution is 0.560. The Labute approximate surface area is 95.8 Å². The van der Waals surface area contributed by atoms with E-state index in [4.69, 9.17) is 5.73 Å². The van der Waals surface area contributed by atoms with Crippen LogP contribution in [0.2, 0.25) is 0 Å². The molecule has 88 valence electrons. The molecule has 4 nitrogen and oxygen atoms in total. The molecule has 0 aromatic heterocycles. The van der Waals surface area contributed by atoms with E-state index < -0.39 is 15.1 Å². The number of sulfone groups is 1. The van der Waals surface area contributed by atoms with Crippen LogP contribution in [0.5, 0.6) is 0 Å². The minimum absolute atomic E-state index is 0.143. The summed E-state index contributed by atoms with van der Waals surface area (Å²) < 4.78 is 24.6. The van der Waals surface area contributed by atoms with Gasteiger partial charge in [0, 0.05) is 12.6 Å². The second-order valence-corrected chi connectivity index (χ2v) is 6.39. The molecule has 0 spiro atoms. The van der Waals surface area contributed by atoms with E-state index in [9.17, 15) is 8.42 Å². The van der Waals surface area contributed by atoms with Gasteiger partial charge >= 0.3 is 0 Å². The van der Waals surface area contributed by atoms with Gasteiger partial charge in [0.05, 0.1) is 15.8 Å². The van der Waals surface area contributed by atoms with E-state index in [0.29, 0.717) is 10.6 Å². The van der Waals surface area contributed by atoms with Crippen molar-refractivity contribution in [2.45, 2.75) is 30.0 Å². The predicted molar refractivity (Wildman–Crippen MR) is 64.3 cm³/mol. The third-order valence-electron chi connectivity index (χ3n) is 3.02. The van der Waals surface area contributed by atoms with Crippen LogP contribution in [0.15, 0.2) is 23.1 Å². The van der Waals surface area contributed by atoms with E-state index in [1.54, 1.807) is 6.07 Å². The van der Waals surface area contributed by atoms with E-state index in [1.165, 1.54) is 0 Å². The summed E-state index contributed by atoms with van der Waals surface area (Å²) in [6, 6.07) is 5.26. The highest BCUT2D eigenvalue weighted by Crippen LogP contribution is 2.32. The van der Waals surface area contributed by atoms with Gasteiger partial charge in [-0.2, -0.15) is 0 Å². The minimum atomic E-state index is -3.29. The maximum Gasteiger partial charge on any atom is 0.186 e. The Kier molecular flexibility index (Phi) is 2.67. The van der Waals surface area contributed by atoms with Gasteiger partial charge in [0.25, 0.3) is 0 Å². The van der Waals surface area contributed by atoms with Crippen molar-refractivity contribution >= 4 is 15.5 Å². The number of rotatable bonds is 1. The molecule has 0 bridgehead atoms. The summed E-state index contributed by atoms with van der Waals surface area (Å²) >= 11 is 0. The molecule has 5 heteroatoms. The highest BCUT2D eigenvalue weighted by Gasteiger charge is 2.37. The average molecular weight is 240 g/mol. The third-order valence-corrected chi connectivity index (χ3v) is 5.36. The number of fused-ring (bicyclic) bond motifs is 1. The van der Waals surface area contributed by atoms with Crippen molar-refractivity contribution in [1.82, 2.24) is 0 Å². The van der Waals surface area contributed by atoms with Crippen molar-refractivity contribution in [2.75, 3.05) is 11.9 Å². The monoisotopic (exact) mass is 240 g/mol. The molecule has 0 radical (unpaired) electrons. The lowest BCUT2D eigenvalue weighted by Crippen LogP contribution is -2.46. The van der Waals surface area contributed by atoms with E-state index in [0.717, 1.165) is 5.56 Å². The Morgan fingerprint density at radius 1 is 1.44 bits per heavy atom. The van der Waals surface area contributed by atoms with Crippen LogP contribution in [0.4, 0.5) is 5.69 Å². The molecule has 1 aliphatic rings. The number of nitrogens with two attached hydrogens (primary N) is 1. The van der Waals surface area contributed by atoms with Crippen LogP contribution in [-0.2, 0) is 9.84 Å². The summed E-state index contributed by atoms with van der Waals surface area (Å²) in [4.78, 5) is 0.376. The standard InChI is InChI=1S/C11H16N2O2S/c1-7-3-4-9-10(5-7)16(14,15)11(6-12)8(2)13-9/h3-5,8,11,13H,6,12H2,1-2H3. The first-order valence-electron chi connectivity index (χ1n) is 5.28. The predicted octanol–water partition coefficient (Wildman–Crippen LogP) is 0.910. The van der Waals surface area contributed by atoms with Gasteiger partial charge in [-0.25, -0.2) is 8.42 Å². The summed E-state index contributed by atoms with van der Waals surface area (Å²) in [5.41, 5.74) is 7.17. The van der Waals surface area contributed by atoms with E-state index in [-0.39, 0.29) is 12.6 Å². The molecule has 1 heterocycles. The number of benzene rings is 1. The molecule has 2 rings (SSSR count). The van der Waals surface area contributed by atoms with Crippen molar-refractivity contribution < 1.29 is 8.42 Å². The molecule has 1 aliphatic heterocycles. The normalized spacial score (nSPS) is 26.9. The second kappa shape index (κ2) is 3.75. The second-order valence-electron chi connectivity index (χ2n) is 4.25. The van der Waals surface area contributed by atoms with Crippen LogP contribution >= 0.6 is 0 Å². The Morgan fingerprint density at radius 2 is 2.12 bits per heavy atom. The van der Waals surface area contributed by atoms with E-state index in [2.05, 4.69) is 5.32 Å². The van der Waals surface area contributed by atoms with Crippen molar-refractivity contribution in [1.29, 1.82) is 0 Å². The van der Waals surface area contributed by atoms with Crippen molar-refractivity contribution in [2.24, 2.45) is 5.73 Å². The number of aryl methyl sites for hydroxylation is 1. The summed E-state index contributed by atoms with van der Waals surface area (Å²) in [5.74, 6) is 0. The zero-order chi connectivity index (χ0) is 11.9. The van der Waals surface area contributed by atoms with Gasteiger partial charge in [-0.1, -0.05) is 6.07 Å². The van der Waals surface area contributed by atoms with Crippen LogP contribution in [0.1, 0.15) is 12.5 Å². The summed E-state index contributed by atoms with van der Waals surface area (Å²) in [7, 11) is -3.29. The summed E-state index contributed by atoms with van der Waals surface area (Å²) in [6.45, 7) is 3.87. The van der Waals surface area contributed by atoms with Crippen LogP contribution in [0, 0.1) is 6.92 Å². The molecule has 2 atom stereocenters. The van der Waals surface area contributed by atoms with Crippen molar-refractivity contribution in [3.63, 3.8) is 0 Å². The van der Waals surface area contributed by atoms with Gasteiger partial charge in [-0.05, 0) is 31.5 Å². The number of nitrogens with one attached hydrogen (secondary N) is 1. The van der Waals surface area contributed by atoms with Crippen molar-refractivity contribution in [3.05, 3.63) is 23.8 Å². The number of hydrogen-bond acceptors (Lipinski definition) is 4. The fourth-order valence-electron chi connectivity index (χ4n) is 2.09. The Bertz CT molecular complexity index is 511. The molecule has 1 aromatic carbocycles. The minimum Gasteiger partial charge on any atom is -0.380 e. The van der Waals surface area contributed by atoms with Gasteiger partial charge < -0.3 is 11.1 Å². The molecule has 3 N–H and O–H groups in total. The third kappa shape index (κ3) is 1.60. The van der Waals surface area contributed by atoms with Crippen LogP contribution in [-0.4, -0.2) is 26.3 Å². The highest BCUT2D eigenvalue weighted by molar-refractivity contribution is 7.92. The Morgan fingerprint density at radius 3 is 2.75 bits per heavy atom. The molecular formula is C11H16N2O2S. The van der Waals surface area contributed by atoms with Gasteiger partial charge in [-0.3, -0.25) is 0 Å². The zero-order valence-electron chi connectivity index (χ0n) is 9.40. The average Bonchev–Trinajstić information content (AvgIpc) is 2.19. The van der Waals surface area contributed by atoms with E-state index in [1.807, 2.05) is 26.0 Å². The van der Waals surface area contributed by atoms with Crippen LogP contribution < -0.4 is 11.1 Å². The summed E-state index contributed by atoms with van der Waals surface area (Å²) in [6.07, 6.45) is 0. The first kappa shape index (κ1) is 11.4. The van der Waals surface area contributed by atoms with Gasteiger partial charge in [0.15, 0.2) is 9.84 Å². The smallest absolute Gasteiger partial charge is 0.186 e. The molecule has 0 aliphatic carbocycles. The number of anilines is 1. The summed E-state index contributed by atoms with van der Waals surface area (Å²) in [5, 5.41) is 2.64. The molecule has 0 saturated carbocycles. The molecular weight excluding hydrogens is 224 g/mol. The van der Waals surface area contributed by atoms with E-state index >= 15 is 0 Å². The Hall–Kier alpha value is -1.07. The van der Waals surface area contributed by atoms with Crippen LogP contribution in [0.3, 0.4) is 0 Å². The highest BCUT2D eigenvalue weighted by atomic mass is 32.2. The van der Waals surface area contributed by atoms with Crippen molar-refractivity contribution in [3.8, 4) is 0 Å². The lowest BCUT2D eigenvalue weighted by Gasteiger charge is -2.31. The van der Waals surface area contributed by atoms with Gasteiger partial charge in [0.2, 0.25) is 0 Å². The maximum absolute atomic E-state index is 12.3. The van der Waals surface area contributed by atoms with Crippen LogP contribution in [0.25, 0.3) is 0 Å². The molecule has 0 saturated heterocycles. The fraction of sp³-hybridized carbons (Fsp3) is 0.455. The molecule has 1 aromatic rings. The van der Waals surface area contributed by atoms with Gasteiger partial charge in [0.1, 0.15) is 0 Å². The molecule has 16 heavy (non-hydrogen) atoms. The molecule has 0 fully saturated rings. The topological polar surface area (TPSA) is 72.2 Å². The lowest BCUT2D eigenvalue weighted by atomic mass is 10.1. The fourth-order valence-corrected chi connectivity index (χ4v) is 4.05.